The quantitative estimate of drug-likeness (QED) is 0.0766. The van der Waals surface area contributed by atoms with Crippen LogP contribution in [0, 0.1) is 18.8 Å². The average Bonchev–Trinajstić information content (AvgIpc) is 3.41. The molecule has 4 aromatic rings. The number of hydrogen-bond donors (Lipinski definition) is 3. The number of aromatic amines is 1. The summed E-state index contributed by atoms with van der Waals surface area (Å²) in [5, 5.41) is 4.28. The number of primary amides is 1. The molecule has 0 spiro atoms. The fourth-order valence-corrected chi connectivity index (χ4v) is 3.49. The number of halogens is 1. The molecule has 0 fully saturated rings. The van der Waals surface area contributed by atoms with Crippen LogP contribution in [0.1, 0.15) is 51.8 Å². The molecule has 2 aromatic heterocycles. The second-order valence-electron chi connectivity index (χ2n) is 8.14. The number of anilines is 1. The molecule has 1 amide bonds. The van der Waals surface area contributed by atoms with Crippen LogP contribution in [0.2, 0.25) is 0 Å². The summed E-state index contributed by atoms with van der Waals surface area (Å²) >= 11 is 3.19. The number of aromatic nitrogens is 2. The third kappa shape index (κ3) is 11.8. The normalized spacial score (nSPS) is 10.3. The fraction of sp³-hybridized carbons (Fsp3) is 0.194. The minimum Gasteiger partial charge on any atom is -0.366 e. The van der Waals surface area contributed by atoms with Gasteiger partial charge in [0, 0.05) is 54.3 Å². The number of unbranched alkanes of at least 4 members (excludes halogenated alkanes) is 1. The van der Waals surface area contributed by atoms with E-state index in [9.17, 15) is 9.59 Å². The van der Waals surface area contributed by atoms with Crippen molar-refractivity contribution in [1.29, 1.82) is 0 Å². The molecule has 1 atom stereocenters. The van der Waals surface area contributed by atoms with Crippen LogP contribution in [0.25, 0.3) is 0 Å². The number of alkyl halides is 1. The molecule has 202 valence electrons. The highest BCUT2D eigenvalue weighted by atomic mass is 79.9. The maximum absolute atomic E-state index is 11.2. The first kappa shape index (κ1) is 31.0. The van der Waals surface area contributed by atoms with Crippen LogP contribution in [-0.4, -0.2) is 34.6 Å². The molecule has 0 radical (unpaired) electrons. The molecular formula is C31H33BrN4O3. The van der Waals surface area contributed by atoms with E-state index in [1.807, 2.05) is 79.9 Å². The predicted octanol–water partition coefficient (Wildman–Crippen LogP) is 6.02. The summed E-state index contributed by atoms with van der Waals surface area (Å²) in [6, 6.07) is 23.3. The zero-order valence-corrected chi connectivity index (χ0v) is 23.6. The number of nitrogens with two attached hydrogens (primary N) is 1. The molecule has 7 nitrogen and oxygen atoms in total. The van der Waals surface area contributed by atoms with Gasteiger partial charge in [-0.25, -0.2) is 0 Å². The first-order valence-corrected chi connectivity index (χ1v) is 13.4. The Bertz CT molecular complexity index is 1320. The lowest BCUT2D eigenvalue weighted by atomic mass is 10.1. The Morgan fingerprint density at radius 1 is 1.08 bits per heavy atom. The summed E-state index contributed by atoms with van der Waals surface area (Å²) in [6.07, 6.45) is 7.19. The van der Waals surface area contributed by atoms with Crippen molar-refractivity contribution in [3.05, 3.63) is 119 Å². The average molecular weight is 590 g/mol. The highest BCUT2D eigenvalue weighted by Gasteiger charge is 2.13. The van der Waals surface area contributed by atoms with Crippen molar-refractivity contribution in [2.75, 3.05) is 17.8 Å². The molecule has 0 aliphatic heterocycles. The minimum atomic E-state index is -0.525. The van der Waals surface area contributed by atoms with Gasteiger partial charge >= 0.3 is 0 Å². The maximum atomic E-state index is 11.2. The van der Waals surface area contributed by atoms with Gasteiger partial charge < -0.3 is 25.6 Å². The zero-order chi connectivity index (χ0) is 28.3. The van der Waals surface area contributed by atoms with Gasteiger partial charge in [0.1, 0.15) is 6.29 Å². The second-order valence-corrected chi connectivity index (χ2v) is 8.94. The number of benzene rings is 2. The molecule has 8 heteroatoms. The largest absolute Gasteiger partial charge is 0.366 e. The van der Waals surface area contributed by atoms with E-state index < -0.39 is 5.91 Å². The lowest BCUT2D eigenvalue weighted by Crippen LogP contribution is -2.14. The van der Waals surface area contributed by atoms with Gasteiger partial charge in [-0.3, -0.25) is 9.78 Å². The molecule has 39 heavy (non-hydrogen) atoms. The molecule has 2 aromatic carbocycles. The van der Waals surface area contributed by atoms with Gasteiger partial charge in [-0.05, 0) is 49.2 Å². The number of carbonyl (C=O) groups is 2. The molecule has 2 heterocycles. The van der Waals surface area contributed by atoms with Crippen LogP contribution in [0.4, 0.5) is 5.69 Å². The van der Waals surface area contributed by atoms with Gasteiger partial charge in [0.2, 0.25) is 5.91 Å². The lowest BCUT2D eigenvalue weighted by Gasteiger charge is -2.18. The standard InChI is InChI=1S/C21H20N4O2.C6H6.C4H7BrO/c1-14-8-9-24-19(14)21(27-2)25-18-5-3-4-15(11-18)6-7-16-10-17(20(22)26)13-23-12-16;1-2-4-6-5-3-1;5-3-1-2-4-6/h3-5,8-13,21,24-25H,1-2H3,(H2,22,26);1-6H;4H,1-3H2. The summed E-state index contributed by atoms with van der Waals surface area (Å²) in [4.78, 5) is 28.0. The van der Waals surface area contributed by atoms with Crippen molar-refractivity contribution in [3.8, 4) is 11.8 Å². The van der Waals surface area contributed by atoms with E-state index in [0.717, 1.165) is 40.5 Å². The Labute approximate surface area is 238 Å². The number of pyridine rings is 1. The summed E-state index contributed by atoms with van der Waals surface area (Å²) in [7, 11) is 1.65. The Morgan fingerprint density at radius 3 is 2.31 bits per heavy atom. The van der Waals surface area contributed by atoms with Gasteiger partial charge in [0.25, 0.3) is 0 Å². The Morgan fingerprint density at radius 2 is 1.77 bits per heavy atom. The number of hydrogen-bond acceptors (Lipinski definition) is 5. The SMILES string of the molecule is COC(Nc1cccc(C#Cc2cncc(C(N)=O)c2)c1)c1[nH]ccc1C.O=CCCCBr.c1ccccc1. The third-order valence-electron chi connectivity index (χ3n) is 5.15. The van der Waals surface area contributed by atoms with Crippen LogP contribution in [0.15, 0.2) is 91.4 Å². The van der Waals surface area contributed by atoms with E-state index in [4.69, 9.17) is 10.5 Å². The Balaban J connectivity index is 0.000000367. The highest BCUT2D eigenvalue weighted by molar-refractivity contribution is 9.09. The summed E-state index contributed by atoms with van der Waals surface area (Å²) < 4.78 is 5.55. The van der Waals surface area contributed by atoms with Gasteiger partial charge in [-0.15, -0.1) is 0 Å². The number of aryl methyl sites for hydroxylation is 1. The molecule has 4 N–H and O–H groups in total. The van der Waals surface area contributed by atoms with E-state index in [-0.39, 0.29) is 6.23 Å². The van der Waals surface area contributed by atoms with E-state index in [1.165, 1.54) is 6.20 Å². The molecule has 0 saturated carbocycles. The highest BCUT2D eigenvalue weighted by Crippen LogP contribution is 2.22. The van der Waals surface area contributed by atoms with Crippen LogP contribution in [-0.2, 0) is 9.53 Å². The van der Waals surface area contributed by atoms with E-state index in [0.29, 0.717) is 17.5 Å². The lowest BCUT2D eigenvalue weighted by molar-refractivity contribution is -0.107. The van der Waals surface area contributed by atoms with Crippen molar-refractivity contribution in [1.82, 2.24) is 9.97 Å². The Kier molecular flexibility index (Phi) is 14.4. The fourth-order valence-electron chi connectivity index (χ4n) is 3.16. The number of nitrogens with one attached hydrogen (secondary N) is 2. The van der Waals surface area contributed by atoms with Gasteiger partial charge in [-0.2, -0.15) is 0 Å². The molecule has 1 unspecified atom stereocenters. The minimum absolute atomic E-state index is 0.292. The smallest absolute Gasteiger partial charge is 0.250 e. The molecular weight excluding hydrogens is 556 g/mol. The van der Waals surface area contributed by atoms with Gasteiger partial charge in [0.15, 0.2) is 6.23 Å². The molecule has 4 rings (SSSR count). The predicted molar refractivity (Wildman–Crippen MR) is 160 cm³/mol. The van der Waals surface area contributed by atoms with Gasteiger partial charge in [0.05, 0.1) is 11.3 Å². The van der Waals surface area contributed by atoms with Crippen molar-refractivity contribution in [2.45, 2.75) is 26.0 Å². The number of rotatable bonds is 8. The van der Waals surface area contributed by atoms with Crippen LogP contribution >= 0.6 is 15.9 Å². The first-order chi connectivity index (χ1) is 19.0. The van der Waals surface area contributed by atoms with Crippen molar-refractivity contribution < 1.29 is 14.3 Å². The van der Waals surface area contributed by atoms with E-state index in [1.54, 1.807) is 19.4 Å². The first-order valence-electron chi connectivity index (χ1n) is 12.3. The molecule has 0 aliphatic carbocycles. The summed E-state index contributed by atoms with van der Waals surface area (Å²) in [5.41, 5.74) is 10.0. The van der Waals surface area contributed by atoms with Crippen LogP contribution in [0.3, 0.4) is 0 Å². The zero-order valence-electron chi connectivity index (χ0n) is 22.1. The third-order valence-corrected chi connectivity index (χ3v) is 5.71. The number of H-pyrrole nitrogens is 1. The number of ether oxygens (including phenoxy) is 1. The maximum Gasteiger partial charge on any atom is 0.250 e. The number of methoxy groups -OCH3 is 1. The second kappa shape index (κ2) is 18.1. The van der Waals surface area contributed by atoms with Crippen molar-refractivity contribution in [3.63, 3.8) is 0 Å². The van der Waals surface area contributed by atoms with Gasteiger partial charge in [-0.1, -0.05) is 70.2 Å². The monoisotopic (exact) mass is 588 g/mol. The molecule has 0 aliphatic rings. The van der Waals surface area contributed by atoms with E-state index in [2.05, 4.69) is 43.1 Å². The number of amides is 1. The van der Waals surface area contributed by atoms with Crippen molar-refractivity contribution >= 4 is 33.8 Å². The molecule has 0 bridgehead atoms. The van der Waals surface area contributed by atoms with Crippen molar-refractivity contribution in [2.24, 2.45) is 5.73 Å². The summed E-state index contributed by atoms with van der Waals surface area (Å²) in [6.45, 7) is 2.02. The number of carbonyl (C=O) groups excluding carboxylic acids is 2. The number of nitrogens with zero attached hydrogens (tertiary/aromatic N) is 1. The topological polar surface area (TPSA) is 110 Å². The van der Waals surface area contributed by atoms with E-state index >= 15 is 0 Å². The summed E-state index contributed by atoms with van der Waals surface area (Å²) in [5.74, 6) is 5.55. The Hall–Kier alpha value is -4.19. The van der Waals surface area contributed by atoms with Crippen LogP contribution < -0.4 is 11.1 Å². The number of aldehydes is 1. The molecule has 0 saturated heterocycles. The van der Waals surface area contributed by atoms with Crippen LogP contribution in [0.5, 0.6) is 0 Å².